The van der Waals surface area contributed by atoms with Gasteiger partial charge in [0.2, 0.25) is 0 Å². The quantitative estimate of drug-likeness (QED) is 0.632. The Balaban J connectivity index is 0.000000671. The zero-order chi connectivity index (χ0) is 10.4. The van der Waals surface area contributed by atoms with Crippen molar-refractivity contribution in [3.05, 3.63) is 29.7 Å². The van der Waals surface area contributed by atoms with Gasteiger partial charge in [0, 0.05) is 7.05 Å². The first-order valence-electron chi connectivity index (χ1n) is 4.46. The number of aromatic nitrogens is 2. The van der Waals surface area contributed by atoms with Gasteiger partial charge in [0.25, 0.3) is 0 Å². The van der Waals surface area contributed by atoms with Crippen molar-refractivity contribution in [3.8, 4) is 0 Å². The molecule has 0 N–H and O–H groups in total. The molecule has 0 aromatic carbocycles. The summed E-state index contributed by atoms with van der Waals surface area (Å²) in [4.78, 5) is 4.07. The van der Waals surface area contributed by atoms with Crippen molar-refractivity contribution >= 4 is 12.2 Å². The number of hydrogen-bond acceptors (Lipinski definition) is 1. The normalized spacial score (nSPS) is 11.4. The lowest BCUT2D eigenvalue weighted by atomic mass is 10.3. The van der Waals surface area contributed by atoms with Crippen LogP contribution in [-0.4, -0.2) is 9.55 Å². The summed E-state index contributed by atoms with van der Waals surface area (Å²) in [5.74, 6) is 0. The second-order valence-corrected chi connectivity index (χ2v) is 2.54. The fraction of sp³-hybridized carbons (Fsp3) is 0.364. The van der Waals surface area contributed by atoms with E-state index in [0.29, 0.717) is 0 Å². The summed E-state index contributed by atoms with van der Waals surface area (Å²) < 4.78 is 1.94. The second-order valence-electron chi connectivity index (χ2n) is 2.54. The Kier molecular flexibility index (Phi) is 4.82. The van der Waals surface area contributed by atoms with Crippen molar-refractivity contribution in [2.75, 3.05) is 0 Å². The highest BCUT2D eigenvalue weighted by Gasteiger charge is 1.92. The Morgan fingerprint density at radius 3 is 2.38 bits per heavy atom. The average Bonchev–Trinajstić information content (AvgIpc) is 2.49. The van der Waals surface area contributed by atoms with E-state index in [0.717, 1.165) is 16.3 Å². The van der Waals surface area contributed by atoms with E-state index < -0.39 is 0 Å². The number of aryl methyl sites for hydroxylation is 1. The van der Waals surface area contributed by atoms with E-state index in [9.17, 15) is 0 Å². The lowest BCUT2D eigenvalue weighted by Gasteiger charge is -1.92. The minimum absolute atomic E-state index is 0.810. The van der Waals surface area contributed by atoms with Gasteiger partial charge in [-0.1, -0.05) is 33.1 Å². The highest BCUT2D eigenvalue weighted by molar-refractivity contribution is 5.51. The van der Waals surface area contributed by atoms with Gasteiger partial charge in [-0.2, -0.15) is 0 Å². The maximum Gasteiger partial charge on any atom is 0.0955 e. The van der Waals surface area contributed by atoms with Crippen molar-refractivity contribution < 1.29 is 0 Å². The molecule has 0 fully saturated rings. The molecule has 0 amide bonds. The van der Waals surface area contributed by atoms with Crippen LogP contribution in [0.2, 0.25) is 0 Å². The monoisotopic (exact) mass is 178 g/mol. The fourth-order valence-corrected chi connectivity index (χ4v) is 1.08. The highest BCUT2D eigenvalue weighted by atomic mass is 15.0. The van der Waals surface area contributed by atoms with Crippen molar-refractivity contribution in [3.63, 3.8) is 0 Å². The van der Waals surface area contributed by atoms with Crippen molar-refractivity contribution in [1.29, 1.82) is 0 Å². The number of nitrogens with zero attached hydrogens (tertiary/aromatic N) is 2. The summed E-state index contributed by atoms with van der Waals surface area (Å²) in [7, 11) is 1.95. The molecule has 1 aromatic rings. The van der Waals surface area contributed by atoms with Crippen LogP contribution in [-0.2, 0) is 7.05 Å². The van der Waals surface area contributed by atoms with Crippen LogP contribution in [0.1, 0.15) is 20.8 Å². The molecule has 0 atom stereocenters. The van der Waals surface area contributed by atoms with Crippen LogP contribution in [0.3, 0.4) is 0 Å². The molecular weight excluding hydrogens is 160 g/mol. The van der Waals surface area contributed by atoms with Crippen molar-refractivity contribution in [1.82, 2.24) is 9.55 Å². The molecule has 2 heteroatoms. The van der Waals surface area contributed by atoms with E-state index in [-0.39, 0.29) is 0 Å². The average molecular weight is 178 g/mol. The molecular formula is C11H18N2. The van der Waals surface area contributed by atoms with E-state index in [1.807, 2.05) is 38.5 Å². The van der Waals surface area contributed by atoms with Gasteiger partial charge in [0.15, 0.2) is 0 Å². The van der Waals surface area contributed by atoms with Crippen LogP contribution >= 0.6 is 0 Å². The highest BCUT2D eigenvalue weighted by Crippen LogP contribution is 1.86. The van der Waals surface area contributed by atoms with Gasteiger partial charge in [-0.25, -0.2) is 4.98 Å². The SMILES string of the molecule is C=C/C(C)=c1\c(=C)ncn1C.CC. The molecule has 0 aliphatic heterocycles. The van der Waals surface area contributed by atoms with Crippen molar-refractivity contribution in [2.45, 2.75) is 20.8 Å². The summed E-state index contributed by atoms with van der Waals surface area (Å²) in [6.07, 6.45) is 3.57. The largest absolute Gasteiger partial charge is 0.334 e. The minimum atomic E-state index is 0.810. The van der Waals surface area contributed by atoms with Crippen LogP contribution < -0.4 is 10.7 Å². The summed E-state index contributed by atoms with van der Waals surface area (Å²) in [5.41, 5.74) is 1.11. The van der Waals surface area contributed by atoms with Gasteiger partial charge in [0.1, 0.15) is 0 Å². The molecule has 0 saturated heterocycles. The summed E-state index contributed by atoms with van der Waals surface area (Å²) >= 11 is 0. The Morgan fingerprint density at radius 2 is 2.08 bits per heavy atom. The molecule has 1 heterocycles. The second kappa shape index (κ2) is 5.36. The molecule has 13 heavy (non-hydrogen) atoms. The van der Waals surface area contributed by atoms with E-state index in [1.165, 1.54) is 0 Å². The van der Waals surface area contributed by atoms with E-state index in [2.05, 4.69) is 18.1 Å². The topological polar surface area (TPSA) is 17.8 Å². The Labute approximate surface area is 79.9 Å². The smallest absolute Gasteiger partial charge is 0.0955 e. The molecule has 1 rings (SSSR count). The third-order valence-electron chi connectivity index (χ3n) is 1.69. The molecule has 0 bridgehead atoms. The first kappa shape index (κ1) is 11.7. The number of rotatable bonds is 1. The molecule has 0 aliphatic rings. The van der Waals surface area contributed by atoms with Crippen LogP contribution in [0.4, 0.5) is 0 Å². The zero-order valence-corrected chi connectivity index (χ0v) is 8.96. The molecule has 0 spiro atoms. The van der Waals surface area contributed by atoms with Crippen LogP contribution in [0, 0.1) is 0 Å². The number of allylic oxidation sites excluding steroid dienone is 1. The predicted octanol–water partition coefficient (Wildman–Crippen LogP) is 1.21. The third kappa shape index (κ3) is 2.58. The molecule has 0 aliphatic carbocycles. The molecule has 1 aromatic heterocycles. The van der Waals surface area contributed by atoms with Crippen LogP contribution in [0.15, 0.2) is 19.0 Å². The maximum atomic E-state index is 4.07. The van der Waals surface area contributed by atoms with Gasteiger partial charge in [-0.05, 0) is 12.5 Å². The standard InChI is InChI=1S/C9H12N2.C2H6/c1-5-7(2)9-8(3)10-6-11(9)4;1-2/h5-6H,1,3H2,2,4H3;1-2H3/b9-7+;. The first-order valence-corrected chi connectivity index (χ1v) is 4.46. The van der Waals surface area contributed by atoms with E-state index in [4.69, 9.17) is 0 Å². The van der Waals surface area contributed by atoms with Gasteiger partial charge in [-0.15, -0.1) is 0 Å². The number of imidazole rings is 1. The van der Waals surface area contributed by atoms with Crippen LogP contribution in [0.25, 0.3) is 12.2 Å². The lowest BCUT2D eigenvalue weighted by Crippen LogP contribution is -2.29. The van der Waals surface area contributed by atoms with E-state index >= 15 is 0 Å². The maximum absolute atomic E-state index is 4.07. The fourth-order valence-electron chi connectivity index (χ4n) is 1.08. The Morgan fingerprint density at radius 1 is 1.54 bits per heavy atom. The molecule has 2 nitrogen and oxygen atoms in total. The third-order valence-corrected chi connectivity index (χ3v) is 1.69. The Hall–Kier alpha value is -1.31. The van der Waals surface area contributed by atoms with Gasteiger partial charge < -0.3 is 4.57 Å². The van der Waals surface area contributed by atoms with Crippen molar-refractivity contribution in [2.24, 2.45) is 7.05 Å². The van der Waals surface area contributed by atoms with Crippen LogP contribution in [0.5, 0.6) is 0 Å². The molecule has 0 radical (unpaired) electrons. The van der Waals surface area contributed by atoms with Gasteiger partial charge >= 0.3 is 0 Å². The Bertz CT molecular complexity index is 371. The summed E-state index contributed by atoms with van der Waals surface area (Å²) in [5, 5.41) is 1.87. The summed E-state index contributed by atoms with van der Waals surface area (Å²) in [6, 6.07) is 0. The predicted molar refractivity (Wildman–Crippen MR) is 58.6 cm³/mol. The number of hydrogen-bond donors (Lipinski definition) is 0. The summed E-state index contributed by atoms with van der Waals surface area (Å²) in [6.45, 7) is 13.5. The van der Waals surface area contributed by atoms with Gasteiger partial charge in [0.05, 0.1) is 17.0 Å². The van der Waals surface area contributed by atoms with Gasteiger partial charge in [-0.3, -0.25) is 0 Å². The zero-order valence-electron chi connectivity index (χ0n) is 8.96. The molecule has 0 unspecified atom stereocenters. The molecule has 72 valence electrons. The minimum Gasteiger partial charge on any atom is -0.334 e. The van der Waals surface area contributed by atoms with E-state index in [1.54, 1.807) is 6.33 Å². The lowest BCUT2D eigenvalue weighted by molar-refractivity contribution is 0.877. The first-order chi connectivity index (χ1) is 6.16. The molecule has 0 saturated carbocycles.